The standard InChI is InChI=1S/C21H22FIN4O2.2ClH/c1-2-27(12-13-29-19-4-3-9-24-20(19)22)11-10-25-21(28)18-7-5-15-14-16(23)6-8-17(15)26-18;;/h3-9,14H,2,10-13H2,1H3,(H,25,28);2*1H. The zero-order valence-electron chi connectivity index (χ0n) is 16.9. The van der Waals surface area contributed by atoms with Crippen LogP contribution in [0.15, 0.2) is 48.7 Å². The molecule has 31 heavy (non-hydrogen) atoms. The Kier molecular flexibility index (Phi) is 12.0. The second-order valence-corrected chi connectivity index (χ2v) is 7.61. The van der Waals surface area contributed by atoms with E-state index in [1.165, 1.54) is 6.20 Å². The van der Waals surface area contributed by atoms with Gasteiger partial charge in [0.25, 0.3) is 11.9 Å². The van der Waals surface area contributed by atoms with Crippen LogP contribution >= 0.6 is 47.4 Å². The van der Waals surface area contributed by atoms with E-state index in [0.29, 0.717) is 31.9 Å². The molecule has 0 spiro atoms. The SMILES string of the molecule is CCN(CCNC(=O)c1ccc2cc(I)ccc2n1)CCOc1cccnc1F.Cl.Cl. The summed E-state index contributed by atoms with van der Waals surface area (Å²) in [4.78, 5) is 22.5. The summed E-state index contributed by atoms with van der Waals surface area (Å²) in [5.41, 5.74) is 1.20. The molecule has 1 amide bonds. The number of benzene rings is 1. The minimum absolute atomic E-state index is 0. The lowest BCUT2D eigenvalue weighted by molar-refractivity contribution is 0.0943. The third-order valence-electron chi connectivity index (χ3n) is 4.43. The van der Waals surface area contributed by atoms with Gasteiger partial charge in [0.15, 0.2) is 5.75 Å². The Morgan fingerprint density at radius 2 is 2.00 bits per heavy atom. The first-order chi connectivity index (χ1) is 14.1. The van der Waals surface area contributed by atoms with E-state index in [0.717, 1.165) is 21.0 Å². The average Bonchev–Trinajstić information content (AvgIpc) is 2.73. The van der Waals surface area contributed by atoms with Crippen LogP contribution in [0.1, 0.15) is 17.4 Å². The number of carbonyl (C=O) groups excluding carboxylic acids is 1. The van der Waals surface area contributed by atoms with E-state index in [1.54, 1.807) is 18.2 Å². The molecule has 0 radical (unpaired) electrons. The van der Waals surface area contributed by atoms with Crippen LogP contribution < -0.4 is 10.1 Å². The van der Waals surface area contributed by atoms with E-state index >= 15 is 0 Å². The van der Waals surface area contributed by atoms with Crippen molar-refractivity contribution in [3.8, 4) is 5.75 Å². The maximum Gasteiger partial charge on any atom is 0.269 e. The first kappa shape index (κ1) is 27.3. The van der Waals surface area contributed by atoms with Crippen LogP contribution in [0.25, 0.3) is 10.9 Å². The van der Waals surface area contributed by atoms with Crippen molar-refractivity contribution in [1.29, 1.82) is 0 Å². The summed E-state index contributed by atoms with van der Waals surface area (Å²) in [6, 6.07) is 12.7. The van der Waals surface area contributed by atoms with Gasteiger partial charge in [-0.2, -0.15) is 4.39 Å². The van der Waals surface area contributed by atoms with Gasteiger partial charge in [-0.1, -0.05) is 13.0 Å². The van der Waals surface area contributed by atoms with Gasteiger partial charge in [0.2, 0.25) is 0 Å². The van der Waals surface area contributed by atoms with E-state index in [2.05, 4.69) is 42.8 Å². The minimum atomic E-state index is -0.611. The van der Waals surface area contributed by atoms with Crippen molar-refractivity contribution in [3.05, 3.63) is 63.9 Å². The lowest BCUT2D eigenvalue weighted by atomic mass is 10.2. The molecule has 0 aliphatic rings. The van der Waals surface area contributed by atoms with Gasteiger partial charge in [-0.3, -0.25) is 9.69 Å². The normalized spacial score (nSPS) is 10.3. The lowest BCUT2D eigenvalue weighted by Gasteiger charge is -2.20. The van der Waals surface area contributed by atoms with Crippen LogP contribution in [-0.2, 0) is 0 Å². The Labute approximate surface area is 206 Å². The smallest absolute Gasteiger partial charge is 0.269 e. The van der Waals surface area contributed by atoms with Gasteiger partial charge in [0, 0.05) is 34.8 Å². The highest BCUT2D eigenvalue weighted by Crippen LogP contribution is 2.16. The highest BCUT2D eigenvalue weighted by atomic mass is 127. The number of pyridine rings is 2. The van der Waals surface area contributed by atoms with Gasteiger partial charge in [0.05, 0.1) is 5.52 Å². The van der Waals surface area contributed by atoms with E-state index in [4.69, 9.17) is 4.74 Å². The van der Waals surface area contributed by atoms with Gasteiger partial charge in [-0.25, -0.2) is 9.97 Å². The number of nitrogens with one attached hydrogen (secondary N) is 1. The Bertz CT molecular complexity index is 997. The zero-order valence-corrected chi connectivity index (χ0v) is 20.7. The lowest BCUT2D eigenvalue weighted by Crippen LogP contribution is -2.37. The fourth-order valence-corrected chi connectivity index (χ4v) is 3.35. The van der Waals surface area contributed by atoms with Gasteiger partial charge in [-0.05, 0) is 65.5 Å². The molecule has 0 unspecified atom stereocenters. The highest BCUT2D eigenvalue weighted by molar-refractivity contribution is 14.1. The molecule has 2 heterocycles. The van der Waals surface area contributed by atoms with Crippen LogP contribution in [-0.4, -0.2) is 53.6 Å². The predicted molar refractivity (Wildman–Crippen MR) is 133 cm³/mol. The molecule has 0 aliphatic carbocycles. The number of likely N-dealkylation sites (N-methyl/N-ethyl adjacent to an activating group) is 1. The second-order valence-electron chi connectivity index (χ2n) is 6.36. The fourth-order valence-electron chi connectivity index (χ4n) is 2.83. The molecule has 0 atom stereocenters. The maximum absolute atomic E-state index is 13.5. The van der Waals surface area contributed by atoms with Crippen molar-refractivity contribution >= 4 is 64.2 Å². The summed E-state index contributed by atoms with van der Waals surface area (Å²) in [6.45, 7) is 4.93. The number of hydrogen-bond donors (Lipinski definition) is 1. The van der Waals surface area contributed by atoms with Crippen LogP contribution in [0.2, 0.25) is 0 Å². The van der Waals surface area contributed by atoms with E-state index in [1.807, 2.05) is 31.2 Å². The topological polar surface area (TPSA) is 67.4 Å². The number of ether oxygens (including phenoxy) is 1. The first-order valence-corrected chi connectivity index (χ1v) is 10.4. The Hall–Kier alpha value is -1.75. The van der Waals surface area contributed by atoms with Crippen molar-refractivity contribution in [2.45, 2.75) is 6.92 Å². The van der Waals surface area contributed by atoms with Crippen molar-refractivity contribution in [1.82, 2.24) is 20.2 Å². The molecule has 0 saturated heterocycles. The summed E-state index contributed by atoms with van der Waals surface area (Å²) in [7, 11) is 0. The average molecular weight is 581 g/mol. The van der Waals surface area contributed by atoms with Crippen LogP contribution in [0.4, 0.5) is 4.39 Å². The molecule has 10 heteroatoms. The van der Waals surface area contributed by atoms with Crippen molar-refractivity contribution in [3.63, 3.8) is 0 Å². The zero-order chi connectivity index (χ0) is 20.6. The number of halogens is 4. The fraction of sp³-hybridized carbons (Fsp3) is 0.286. The van der Waals surface area contributed by atoms with Gasteiger partial charge < -0.3 is 10.1 Å². The van der Waals surface area contributed by atoms with Gasteiger partial charge in [0.1, 0.15) is 12.3 Å². The molecule has 3 rings (SSSR count). The molecular formula is C21H24Cl2FIN4O2. The third-order valence-corrected chi connectivity index (χ3v) is 5.11. The Morgan fingerprint density at radius 3 is 2.74 bits per heavy atom. The minimum Gasteiger partial charge on any atom is -0.487 e. The first-order valence-electron chi connectivity index (χ1n) is 9.37. The monoisotopic (exact) mass is 580 g/mol. The van der Waals surface area contributed by atoms with Gasteiger partial charge in [-0.15, -0.1) is 24.8 Å². The predicted octanol–water partition coefficient (Wildman–Crippen LogP) is 4.35. The summed E-state index contributed by atoms with van der Waals surface area (Å²) in [5, 5.41) is 3.91. The van der Waals surface area contributed by atoms with Crippen molar-refractivity contribution in [2.75, 3.05) is 32.8 Å². The Morgan fingerprint density at radius 1 is 1.19 bits per heavy atom. The summed E-state index contributed by atoms with van der Waals surface area (Å²) < 4.78 is 20.0. The molecule has 0 saturated carbocycles. The molecule has 1 N–H and O–H groups in total. The molecule has 0 fully saturated rings. The van der Waals surface area contributed by atoms with Crippen LogP contribution in [0.5, 0.6) is 5.75 Å². The molecule has 6 nitrogen and oxygen atoms in total. The molecule has 0 bridgehead atoms. The molecule has 1 aromatic carbocycles. The highest BCUT2D eigenvalue weighted by Gasteiger charge is 2.10. The Balaban J connectivity index is 0.00000240. The number of carbonyl (C=O) groups is 1. The number of amides is 1. The number of aromatic nitrogens is 2. The summed E-state index contributed by atoms with van der Waals surface area (Å²) in [5.74, 6) is -0.662. The van der Waals surface area contributed by atoms with E-state index in [-0.39, 0.29) is 36.5 Å². The second kappa shape index (κ2) is 13.6. The van der Waals surface area contributed by atoms with E-state index in [9.17, 15) is 9.18 Å². The van der Waals surface area contributed by atoms with Crippen molar-refractivity contribution < 1.29 is 13.9 Å². The van der Waals surface area contributed by atoms with Crippen LogP contribution in [0, 0.1) is 9.52 Å². The van der Waals surface area contributed by atoms with Crippen LogP contribution in [0.3, 0.4) is 0 Å². The molecule has 0 aliphatic heterocycles. The third kappa shape index (κ3) is 8.03. The molecule has 2 aromatic heterocycles. The maximum atomic E-state index is 13.5. The van der Waals surface area contributed by atoms with E-state index < -0.39 is 5.95 Å². The number of hydrogen-bond acceptors (Lipinski definition) is 5. The number of fused-ring (bicyclic) bond motifs is 1. The summed E-state index contributed by atoms with van der Waals surface area (Å²) in [6.07, 6.45) is 1.38. The quantitative estimate of drug-likeness (QED) is 0.301. The van der Waals surface area contributed by atoms with Gasteiger partial charge >= 0.3 is 0 Å². The molecule has 3 aromatic rings. The largest absolute Gasteiger partial charge is 0.487 e. The molecule has 168 valence electrons. The van der Waals surface area contributed by atoms with Crippen molar-refractivity contribution in [2.24, 2.45) is 0 Å². The summed E-state index contributed by atoms with van der Waals surface area (Å²) >= 11 is 2.25. The number of rotatable bonds is 9. The molecular weight excluding hydrogens is 557 g/mol. The number of nitrogens with zero attached hydrogens (tertiary/aromatic N) is 3.